The molecular weight excluding hydrogens is 188 g/mol. The zero-order valence-corrected chi connectivity index (χ0v) is 12.1. The van der Waals surface area contributed by atoms with E-state index in [-0.39, 0.29) is 0 Å². The van der Waals surface area contributed by atoms with Crippen molar-refractivity contribution < 1.29 is 4.43 Å². The SMILES string of the molecule is CCC(C)[Si](C)(OC(C)C)C(C)CC. The highest BCUT2D eigenvalue weighted by Crippen LogP contribution is 2.38. The molecule has 0 rings (SSSR count). The second-order valence-electron chi connectivity index (χ2n) is 4.97. The molecule has 1 nitrogen and oxygen atoms in total. The first kappa shape index (κ1) is 14.2. The van der Waals surface area contributed by atoms with Gasteiger partial charge in [0.15, 0.2) is 8.32 Å². The normalized spacial score (nSPS) is 20.6. The lowest BCUT2D eigenvalue weighted by Gasteiger charge is -2.39. The Balaban J connectivity index is 4.65. The molecule has 0 aromatic heterocycles. The van der Waals surface area contributed by atoms with E-state index >= 15 is 0 Å². The maximum atomic E-state index is 6.28. The summed E-state index contributed by atoms with van der Waals surface area (Å²) in [5.41, 5.74) is 1.53. The number of rotatable bonds is 6. The van der Waals surface area contributed by atoms with Gasteiger partial charge in [0.2, 0.25) is 0 Å². The molecule has 0 spiro atoms. The molecule has 0 heterocycles. The van der Waals surface area contributed by atoms with Crippen molar-refractivity contribution in [2.45, 2.75) is 78.1 Å². The van der Waals surface area contributed by atoms with Crippen molar-refractivity contribution in [3.8, 4) is 0 Å². The zero-order chi connectivity index (χ0) is 11.4. The Morgan fingerprint density at radius 3 is 1.50 bits per heavy atom. The van der Waals surface area contributed by atoms with Crippen LogP contribution in [-0.4, -0.2) is 14.4 Å². The predicted octanol–water partition coefficient (Wildman–Crippen LogP) is 4.59. The molecule has 86 valence electrons. The first-order valence-electron chi connectivity index (χ1n) is 6.06. The monoisotopic (exact) mass is 216 g/mol. The first-order chi connectivity index (χ1) is 6.38. The number of hydrogen-bond acceptors (Lipinski definition) is 1. The van der Waals surface area contributed by atoms with Crippen molar-refractivity contribution in [2.75, 3.05) is 0 Å². The lowest BCUT2D eigenvalue weighted by atomic mass is 10.3. The minimum atomic E-state index is -1.52. The highest BCUT2D eigenvalue weighted by atomic mass is 28.4. The van der Waals surface area contributed by atoms with Gasteiger partial charge in [0.05, 0.1) is 0 Å². The predicted molar refractivity (Wildman–Crippen MR) is 67.3 cm³/mol. The molecule has 0 fully saturated rings. The quantitative estimate of drug-likeness (QED) is 0.590. The summed E-state index contributed by atoms with van der Waals surface area (Å²) in [6, 6.07) is 0. The minimum Gasteiger partial charge on any atom is -0.414 e. The van der Waals surface area contributed by atoms with Gasteiger partial charge in [0.25, 0.3) is 0 Å². The van der Waals surface area contributed by atoms with Gasteiger partial charge in [-0.1, -0.05) is 40.5 Å². The molecule has 2 atom stereocenters. The summed E-state index contributed by atoms with van der Waals surface area (Å²) in [5, 5.41) is 0. The van der Waals surface area contributed by atoms with E-state index in [2.05, 4.69) is 48.1 Å². The van der Waals surface area contributed by atoms with Crippen LogP contribution in [0.5, 0.6) is 0 Å². The van der Waals surface area contributed by atoms with Crippen LogP contribution in [0.3, 0.4) is 0 Å². The van der Waals surface area contributed by atoms with Crippen LogP contribution in [-0.2, 0) is 4.43 Å². The second kappa shape index (κ2) is 5.91. The molecular formula is C12H28OSi. The van der Waals surface area contributed by atoms with Gasteiger partial charge >= 0.3 is 0 Å². The summed E-state index contributed by atoms with van der Waals surface area (Å²) in [4.78, 5) is 0. The largest absolute Gasteiger partial charge is 0.414 e. The molecule has 0 aliphatic heterocycles. The van der Waals surface area contributed by atoms with Gasteiger partial charge in [0, 0.05) is 6.10 Å². The maximum Gasteiger partial charge on any atom is 0.195 e. The second-order valence-corrected chi connectivity index (χ2v) is 9.54. The van der Waals surface area contributed by atoms with Gasteiger partial charge in [-0.3, -0.25) is 0 Å². The summed E-state index contributed by atoms with van der Waals surface area (Å²) < 4.78 is 6.28. The highest BCUT2D eigenvalue weighted by molar-refractivity contribution is 6.75. The van der Waals surface area contributed by atoms with Crippen molar-refractivity contribution >= 4 is 8.32 Å². The summed E-state index contributed by atoms with van der Waals surface area (Å²) in [7, 11) is -1.52. The fourth-order valence-electron chi connectivity index (χ4n) is 2.04. The Morgan fingerprint density at radius 2 is 1.29 bits per heavy atom. The molecule has 0 radical (unpaired) electrons. The van der Waals surface area contributed by atoms with E-state index in [0.717, 1.165) is 11.1 Å². The molecule has 0 amide bonds. The van der Waals surface area contributed by atoms with Gasteiger partial charge in [-0.2, -0.15) is 0 Å². The first-order valence-corrected chi connectivity index (χ1v) is 8.62. The van der Waals surface area contributed by atoms with Crippen molar-refractivity contribution in [1.29, 1.82) is 0 Å². The lowest BCUT2D eigenvalue weighted by Crippen LogP contribution is -2.44. The Morgan fingerprint density at radius 1 is 0.929 bits per heavy atom. The highest BCUT2D eigenvalue weighted by Gasteiger charge is 2.40. The Hall–Kier alpha value is 0.177. The van der Waals surface area contributed by atoms with Crippen molar-refractivity contribution in [2.24, 2.45) is 0 Å². The number of hydrogen-bond donors (Lipinski definition) is 0. The van der Waals surface area contributed by atoms with Crippen LogP contribution < -0.4 is 0 Å². The van der Waals surface area contributed by atoms with Gasteiger partial charge < -0.3 is 4.43 Å². The third kappa shape index (κ3) is 3.39. The molecule has 0 saturated heterocycles. The molecule has 0 aromatic rings. The Bertz CT molecular complexity index is 146. The lowest BCUT2D eigenvalue weighted by molar-refractivity contribution is 0.215. The van der Waals surface area contributed by atoms with E-state index in [1.165, 1.54) is 12.8 Å². The van der Waals surface area contributed by atoms with Crippen molar-refractivity contribution in [3.63, 3.8) is 0 Å². The molecule has 0 N–H and O–H groups in total. The van der Waals surface area contributed by atoms with Crippen LogP contribution in [0.2, 0.25) is 17.6 Å². The standard InChI is InChI=1S/C12H28OSi/c1-8-11(5)14(7,12(6)9-2)13-10(3)4/h10-12H,8-9H2,1-7H3. The van der Waals surface area contributed by atoms with Crippen molar-refractivity contribution in [3.05, 3.63) is 0 Å². The maximum absolute atomic E-state index is 6.28. The molecule has 0 aliphatic carbocycles. The molecule has 0 saturated carbocycles. The van der Waals surface area contributed by atoms with E-state index < -0.39 is 8.32 Å². The van der Waals surface area contributed by atoms with Gasteiger partial charge in [-0.25, -0.2) is 0 Å². The van der Waals surface area contributed by atoms with E-state index in [9.17, 15) is 0 Å². The average Bonchev–Trinajstić information content (AvgIpc) is 2.13. The van der Waals surface area contributed by atoms with Crippen LogP contribution in [0.15, 0.2) is 0 Å². The Kier molecular flexibility index (Phi) is 5.99. The van der Waals surface area contributed by atoms with Crippen LogP contribution in [0, 0.1) is 0 Å². The molecule has 0 aliphatic rings. The summed E-state index contributed by atoms with van der Waals surface area (Å²) in [5.74, 6) is 0. The van der Waals surface area contributed by atoms with E-state index in [4.69, 9.17) is 4.43 Å². The summed E-state index contributed by atoms with van der Waals surface area (Å²) >= 11 is 0. The van der Waals surface area contributed by atoms with Crippen LogP contribution in [0.25, 0.3) is 0 Å². The fourth-order valence-corrected chi connectivity index (χ4v) is 6.11. The third-order valence-corrected chi connectivity index (χ3v) is 9.38. The van der Waals surface area contributed by atoms with E-state index in [0.29, 0.717) is 6.10 Å². The van der Waals surface area contributed by atoms with Gasteiger partial charge in [-0.05, 0) is 31.5 Å². The van der Waals surface area contributed by atoms with Gasteiger partial charge in [0.1, 0.15) is 0 Å². The summed E-state index contributed by atoms with van der Waals surface area (Å²) in [6.45, 7) is 16.0. The topological polar surface area (TPSA) is 9.23 Å². The molecule has 2 unspecified atom stereocenters. The fraction of sp³-hybridized carbons (Fsp3) is 1.00. The van der Waals surface area contributed by atoms with Crippen LogP contribution >= 0.6 is 0 Å². The van der Waals surface area contributed by atoms with E-state index in [1.54, 1.807) is 0 Å². The summed E-state index contributed by atoms with van der Waals surface area (Å²) in [6.07, 6.45) is 2.88. The van der Waals surface area contributed by atoms with E-state index in [1.807, 2.05) is 0 Å². The molecule has 0 bridgehead atoms. The van der Waals surface area contributed by atoms with Gasteiger partial charge in [-0.15, -0.1) is 0 Å². The van der Waals surface area contributed by atoms with Crippen LogP contribution in [0.1, 0.15) is 54.4 Å². The zero-order valence-electron chi connectivity index (χ0n) is 11.1. The van der Waals surface area contributed by atoms with Crippen LogP contribution in [0.4, 0.5) is 0 Å². The van der Waals surface area contributed by atoms with Crippen molar-refractivity contribution in [1.82, 2.24) is 0 Å². The third-order valence-electron chi connectivity index (χ3n) is 3.67. The minimum absolute atomic E-state index is 0.384. The Labute approximate surface area is 91.4 Å². The molecule has 2 heteroatoms. The smallest absolute Gasteiger partial charge is 0.195 e. The average molecular weight is 216 g/mol. The molecule has 14 heavy (non-hydrogen) atoms. The molecule has 0 aromatic carbocycles.